The highest BCUT2D eigenvalue weighted by Crippen LogP contribution is 2.33. The number of anilines is 1. The smallest absolute Gasteiger partial charge is 0.327 e. The van der Waals surface area contributed by atoms with Crippen molar-refractivity contribution in [1.29, 1.82) is 0 Å². The molecule has 0 fully saturated rings. The second-order valence-electron chi connectivity index (χ2n) is 4.73. The minimum Gasteiger partial charge on any atom is -0.480 e. The monoisotopic (exact) mass is 302 g/mol. The molecule has 0 aliphatic carbocycles. The van der Waals surface area contributed by atoms with Crippen LogP contribution in [0.2, 0.25) is 5.15 Å². The normalized spacial score (nSPS) is 16.6. The molecule has 2 aromatic rings. The summed E-state index contributed by atoms with van der Waals surface area (Å²) in [5.74, 6) is -1.42. The molecule has 1 amide bonds. The number of rotatable bonds is 2. The molecule has 21 heavy (non-hydrogen) atoms. The molecule has 1 N–H and O–H groups in total. The van der Waals surface area contributed by atoms with Gasteiger partial charge < -0.3 is 5.11 Å². The maximum Gasteiger partial charge on any atom is 0.327 e. The quantitative estimate of drug-likeness (QED) is 0.865. The summed E-state index contributed by atoms with van der Waals surface area (Å²) in [5, 5.41) is 9.57. The van der Waals surface area contributed by atoms with Gasteiger partial charge in [0.15, 0.2) is 0 Å². The Labute approximate surface area is 125 Å². The molecule has 1 atom stereocenters. The Balaban J connectivity index is 2.05. The van der Waals surface area contributed by atoms with Crippen molar-refractivity contribution in [3.63, 3.8) is 0 Å². The number of carboxylic acids is 1. The number of benzene rings is 1. The first kappa shape index (κ1) is 13.6. The van der Waals surface area contributed by atoms with Crippen molar-refractivity contribution >= 4 is 29.2 Å². The highest BCUT2D eigenvalue weighted by Gasteiger charge is 2.38. The number of hydrogen-bond acceptors (Lipinski definition) is 3. The molecule has 0 saturated carbocycles. The van der Waals surface area contributed by atoms with E-state index >= 15 is 0 Å². The van der Waals surface area contributed by atoms with E-state index in [0.29, 0.717) is 17.7 Å². The van der Waals surface area contributed by atoms with Crippen molar-refractivity contribution in [1.82, 2.24) is 4.98 Å². The lowest BCUT2D eigenvalue weighted by Gasteiger charge is -2.22. The minimum atomic E-state index is -1.03. The van der Waals surface area contributed by atoms with E-state index < -0.39 is 17.9 Å². The molecule has 1 aliphatic rings. The van der Waals surface area contributed by atoms with Crippen LogP contribution in [0.1, 0.15) is 15.9 Å². The van der Waals surface area contributed by atoms with E-state index in [1.165, 1.54) is 23.2 Å². The van der Waals surface area contributed by atoms with Gasteiger partial charge in [0, 0.05) is 23.9 Å². The van der Waals surface area contributed by atoms with Crippen LogP contribution in [0, 0.1) is 0 Å². The summed E-state index contributed by atoms with van der Waals surface area (Å²) < 4.78 is 0. The third kappa shape index (κ3) is 2.36. The first-order valence-corrected chi connectivity index (χ1v) is 6.71. The van der Waals surface area contributed by atoms with E-state index in [4.69, 9.17) is 11.6 Å². The summed E-state index contributed by atoms with van der Waals surface area (Å²) in [4.78, 5) is 29.2. The van der Waals surface area contributed by atoms with Gasteiger partial charge in [0.25, 0.3) is 5.91 Å². The topological polar surface area (TPSA) is 70.5 Å². The van der Waals surface area contributed by atoms with E-state index in [-0.39, 0.29) is 5.15 Å². The number of para-hydroxylation sites is 1. The van der Waals surface area contributed by atoms with E-state index in [0.717, 1.165) is 5.56 Å². The first-order valence-electron chi connectivity index (χ1n) is 6.34. The fourth-order valence-corrected chi connectivity index (χ4v) is 2.68. The van der Waals surface area contributed by atoms with Crippen LogP contribution in [0.15, 0.2) is 42.6 Å². The number of hydrogen-bond donors (Lipinski definition) is 1. The summed E-state index contributed by atoms with van der Waals surface area (Å²) >= 11 is 5.80. The maximum atomic E-state index is 12.7. The molecule has 1 aliphatic heterocycles. The van der Waals surface area contributed by atoms with Crippen molar-refractivity contribution in [3.8, 4) is 0 Å². The molecule has 6 heteroatoms. The molecule has 1 aromatic heterocycles. The van der Waals surface area contributed by atoms with Gasteiger partial charge >= 0.3 is 5.97 Å². The number of carboxylic acid groups (broad SMARTS) is 1. The second-order valence-corrected chi connectivity index (χ2v) is 5.12. The molecule has 0 saturated heterocycles. The Morgan fingerprint density at radius 2 is 2.05 bits per heavy atom. The highest BCUT2D eigenvalue weighted by molar-refractivity contribution is 6.29. The zero-order valence-electron chi connectivity index (χ0n) is 10.9. The first-order chi connectivity index (χ1) is 10.1. The second kappa shape index (κ2) is 5.18. The molecule has 5 nitrogen and oxygen atoms in total. The fourth-order valence-electron chi connectivity index (χ4n) is 2.51. The standard InChI is InChI=1S/C15H11ClN2O3/c16-13-8-10(5-6-17-13)14(19)18-11-4-2-1-3-9(11)7-12(18)15(20)21/h1-6,8,12H,7H2,(H,20,21)/t12-/m0/s1. The predicted molar refractivity (Wildman–Crippen MR) is 77.6 cm³/mol. The lowest BCUT2D eigenvalue weighted by Crippen LogP contribution is -2.42. The van der Waals surface area contributed by atoms with Gasteiger partial charge in [-0.3, -0.25) is 9.69 Å². The lowest BCUT2D eigenvalue weighted by atomic mass is 10.1. The van der Waals surface area contributed by atoms with Crippen molar-refractivity contribution in [2.45, 2.75) is 12.5 Å². The molecule has 0 radical (unpaired) electrons. The molecule has 0 spiro atoms. The number of carbonyl (C=O) groups excluding carboxylic acids is 1. The average Bonchev–Trinajstić information content (AvgIpc) is 2.86. The molecule has 106 valence electrons. The van der Waals surface area contributed by atoms with Gasteiger partial charge in [-0.2, -0.15) is 0 Å². The van der Waals surface area contributed by atoms with Crippen LogP contribution in [0.25, 0.3) is 0 Å². The minimum absolute atomic E-state index is 0.195. The van der Waals surface area contributed by atoms with Crippen LogP contribution in [0.4, 0.5) is 5.69 Å². The van der Waals surface area contributed by atoms with Crippen LogP contribution in [0.3, 0.4) is 0 Å². The third-order valence-electron chi connectivity index (χ3n) is 3.45. The summed E-state index contributed by atoms with van der Waals surface area (Å²) in [6, 6.07) is 9.24. The van der Waals surface area contributed by atoms with Crippen molar-refractivity contribution in [2.24, 2.45) is 0 Å². The van der Waals surface area contributed by atoms with Crippen LogP contribution in [0.5, 0.6) is 0 Å². The van der Waals surface area contributed by atoms with Crippen molar-refractivity contribution in [2.75, 3.05) is 4.90 Å². The van der Waals surface area contributed by atoms with E-state index in [1.54, 1.807) is 12.1 Å². The number of fused-ring (bicyclic) bond motifs is 1. The van der Waals surface area contributed by atoms with Crippen LogP contribution < -0.4 is 4.90 Å². The number of carbonyl (C=O) groups is 2. The molecule has 1 aromatic carbocycles. The Kier molecular flexibility index (Phi) is 3.35. The molecule has 2 heterocycles. The zero-order chi connectivity index (χ0) is 15.0. The van der Waals surface area contributed by atoms with Crippen LogP contribution in [-0.4, -0.2) is 28.0 Å². The molecule has 0 bridgehead atoms. The summed E-state index contributed by atoms with van der Waals surface area (Å²) in [5.41, 5.74) is 1.79. The Bertz CT molecular complexity index is 732. The zero-order valence-corrected chi connectivity index (χ0v) is 11.6. The van der Waals surface area contributed by atoms with Crippen LogP contribution in [-0.2, 0) is 11.2 Å². The third-order valence-corrected chi connectivity index (χ3v) is 3.66. The SMILES string of the molecule is O=C(O)[C@@H]1Cc2ccccc2N1C(=O)c1ccnc(Cl)c1. The highest BCUT2D eigenvalue weighted by atomic mass is 35.5. The Hall–Kier alpha value is -2.40. The summed E-state index contributed by atoms with van der Waals surface area (Å²) in [6.07, 6.45) is 1.73. The van der Waals surface area contributed by atoms with E-state index in [2.05, 4.69) is 4.98 Å². The van der Waals surface area contributed by atoms with E-state index in [1.807, 2.05) is 12.1 Å². The van der Waals surface area contributed by atoms with Gasteiger partial charge in [0.05, 0.1) is 0 Å². The largest absolute Gasteiger partial charge is 0.480 e. The van der Waals surface area contributed by atoms with Gasteiger partial charge in [-0.25, -0.2) is 9.78 Å². The van der Waals surface area contributed by atoms with Crippen LogP contribution >= 0.6 is 11.6 Å². The maximum absolute atomic E-state index is 12.7. The summed E-state index contributed by atoms with van der Waals surface area (Å²) in [7, 11) is 0. The van der Waals surface area contributed by atoms with Crippen molar-refractivity contribution in [3.05, 3.63) is 58.9 Å². The molecular formula is C15H11ClN2O3. The number of nitrogens with zero attached hydrogens (tertiary/aromatic N) is 2. The van der Waals surface area contributed by atoms with Crippen molar-refractivity contribution < 1.29 is 14.7 Å². The van der Waals surface area contributed by atoms with Gasteiger partial charge in [-0.05, 0) is 23.8 Å². The van der Waals surface area contributed by atoms with Gasteiger partial charge in [-0.15, -0.1) is 0 Å². The Morgan fingerprint density at radius 3 is 2.76 bits per heavy atom. The molecular weight excluding hydrogens is 292 g/mol. The number of halogens is 1. The van der Waals surface area contributed by atoms with Gasteiger partial charge in [-0.1, -0.05) is 29.8 Å². The lowest BCUT2D eigenvalue weighted by molar-refractivity contribution is -0.138. The molecule has 3 rings (SSSR count). The number of pyridine rings is 1. The average molecular weight is 303 g/mol. The van der Waals surface area contributed by atoms with Gasteiger partial charge in [0.1, 0.15) is 11.2 Å². The molecule has 0 unspecified atom stereocenters. The van der Waals surface area contributed by atoms with E-state index in [9.17, 15) is 14.7 Å². The Morgan fingerprint density at radius 1 is 1.29 bits per heavy atom. The number of amides is 1. The number of aliphatic carboxylic acids is 1. The fraction of sp³-hybridized carbons (Fsp3) is 0.133. The van der Waals surface area contributed by atoms with Gasteiger partial charge in [0.2, 0.25) is 0 Å². The number of aromatic nitrogens is 1. The predicted octanol–water partition coefficient (Wildman–Crippen LogP) is 2.39. The summed E-state index contributed by atoms with van der Waals surface area (Å²) in [6.45, 7) is 0.